The van der Waals surface area contributed by atoms with Crippen molar-refractivity contribution in [3.63, 3.8) is 0 Å². The summed E-state index contributed by atoms with van der Waals surface area (Å²) in [5, 5.41) is 0. The van der Waals surface area contributed by atoms with Gasteiger partial charge in [0.05, 0.1) is 0 Å². The summed E-state index contributed by atoms with van der Waals surface area (Å²) in [7, 11) is 0. The SMILES string of the molecule is CCCCCCCCCCCCCC/C=C/C(F)(F)C(F)(F)C(F)(F)C(F)(F)C(F)(F)C(F)(F)C(F)(F)C(F)(F)C(F)(F)C(F)(F)F. The summed E-state index contributed by atoms with van der Waals surface area (Å²) in [5.41, 5.74) is 0. The number of hydrogen-bond donors (Lipinski definition) is 0. The summed E-state index contributed by atoms with van der Waals surface area (Å²) in [4.78, 5) is 0. The Labute approximate surface area is 255 Å². The average molecular weight is 742 g/mol. The maximum atomic E-state index is 13.9. The molecule has 0 bridgehead atoms. The smallest absolute Gasteiger partial charge is 0.195 e. The molecule has 0 saturated carbocycles. The molecule has 0 radical (unpaired) electrons. The average Bonchev–Trinajstić information content (AvgIpc) is 2.91. The van der Waals surface area contributed by atoms with Crippen LogP contribution in [0.15, 0.2) is 12.2 Å². The van der Waals surface area contributed by atoms with Crippen molar-refractivity contribution in [1.29, 1.82) is 0 Å². The zero-order valence-corrected chi connectivity index (χ0v) is 24.3. The van der Waals surface area contributed by atoms with E-state index in [0.29, 0.717) is 12.8 Å². The molecule has 47 heavy (non-hydrogen) atoms. The predicted molar refractivity (Wildman–Crippen MR) is 125 cm³/mol. The number of allylic oxidation sites excluding steroid dienone is 2. The van der Waals surface area contributed by atoms with Gasteiger partial charge < -0.3 is 0 Å². The van der Waals surface area contributed by atoms with Crippen LogP contribution in [0.4, 0.5) is 92.2 Å². The Kier molecular flexibility index (Phi) is 14.9. The van der Waals surface area contributed by atoms with E-state index in [1.807, 2.05) is 6.92 Å². The molecule has 0 unspecified atom stereocenters. The van der Waals surface area contributed by atoms with E-state index in [9.17, 15) is 92.2 Å². The molecule has 0 aromatic rings. The monoisotopic (exact) mass is 742 g/mol. The second kappa shape index (κ2) is 15.4. The molecule has 0 amide bonds. The van der Waals surface area contributed by atoms with Crippen LogP contribution in [-0.4, -0.2) is 59.5 Å². The molecule has 0 spiro atoms. The molecular weight excluding hydrogens is 711 g/mol. The Balaban J connectivity index is 5.77. The second-order valence-electron chi connectivity index (χ2n) is 10.8. The molecule has 0 N–H and O–H groups in total. The fourth-order valence-electron chi connectivity index (χ4n) is 4.01. The maximum absolute atomic E-state index is 13.9. The Hall–Kier alpha value is -1.73. The van der Waals surface area contributed by atoms with Gasteiger partial charge in [-0.2, -0.15) is 92.2 Å². The number of unbranched alkanes of at least 4 members (excludes halogenated alkanes) is 12. The third-order valence-corrected chi connectivity index (χ3v) is 7.09. The van der Waals surface area contributed by atoms with E-state index in [1.54, 1.807) is 0 Å². The van der Waals surface area contributed by atoms with Crippen LogP contribution in [0.5, 0.6) is 0 Å². The largest absolute Gasteiger partial charge is 0.460 e. The van der Waals surface area contributed by atoms with Crippen molar-refractivity contribution < 1.29 is 92.2 Å². The highest BCUT2D eigenvalue weighted by atomic mass is 19.4. The molecule has 282 valence electrons. The summed E-state index contributed by atoms with van der Waals surface area (Å²) in [6.45, 7) is 2.05. The second-order valence-corrected chi connectivity index (χ2v) is 10.8. The predicted octanol–water partition coefficient (Wildman–Crippen LogP) is 12.9. The Morgan fingerprint density at radius 1 is 0.319 bits per heavy atom. The third kappa shape index (κ3) is 8.53. The number of halogens is 21. The van der Waals surface area contributed by atoms with Gasteiger partial charge in [0.15, 0.2) is 0 Å². The van der Waals surface area contributed by atoms with E-state index in [2.05, 4.69) is 0 Å². The Morgan fingerprint density at radius 3 is 0.872 bits per heavy atom. The Morgan fingerprint density at radius 2 is 0.574 bits per heavy atom. The van der Waals surface area contributed by atoms with Gasteiger partial charge in [0, 0.05) is 0 Å². The van der Waals surface area contributed by atoms with E-state index < -0.39 is 72.0 Å². The first-order chi connectivity index (χ1) is 20.8. The highest BCUT2D eigenvalue weighted by molar-refractivity contribution is 5.19. The number of alkyl halides is 21. The first-order valence-corrected chi connectivity index (χ1v) is 14.0. The first-order valence-electron chi connectivity index (χ1n) is 14.0. The fourth-order valence-corrected chi connectivity index (χ4v) is 4.01. The van der Waals surface area contributed by atoms with Gasteiger partial charge in [-0.05, 0) is 18.9 Å². The lowest BCUT2D eigenvalue weighted by atomic mass is 9.86. The highest BCUT2D eigenvalue weighted by Crippen LogP contribution is 2.66. The van der Waals surface area contributed by atoms with Crippen molar-refractivity contribution in [2.75, 3.05) is 0 Å². The molecule has 0 aliphatic carbocycles. The van der Waals surface area contributed by atoms with Crippen LogP contribution in [0, 0.1) is 0 Å². The van der Waals surface area contributed by atoms with Crippen LogP contribution >= 0.6 is 0 Å². The third-order valence-electron chi connectivity index (χ3n) is 7.09. The molecule has 0 aliphatic rings. The molecule has 0 aromatic carbocycles. The molecular formula is C26H31F21. The van der Waals surface area contributed by atoms with E-state index in [0.717, 1.165) is 51.4 Å². The molecule has 0 rings (SSSR count). The topological polar surface area (TPSA) is 0 Å². The van der Waals surface area contributed by atoms with Crippen molar-refractivity contribution in [1.82, 2.24) is 0 Å². The summed E-state index contributed by atoms with van der Waals surface area (Å²) in [5.74, 6) is -76.7. The molecule has 0 nitrogen and oxygen atoms in total. The lowest BCUT2D eigenvalue weighted by Crippen LogP contribution is -2.76. The van der Waals surface area contributed by atoms with Crippen LogP contribution in [0.3, 0.4) is 0 Å². The summed E-state index contributed by atoms with van der Waals surface area (Å²) < 4.78 is 281. The van der Waals surface area contributed by atoms with Crippen LogP contribution < -0.4 is 0 Å². The van der Waals surface area contributed by atoms with E-state index in [1.165, 1.54) is 0 Å². The van der Waals surface area contributed by atoms with Crippen molar-refractivity contribution >= 4 is 0 Å². The minimum Gasteiger partial charge on any atom is -0.195 e. The van der Waals surface area contributed by atoms with Gasteiger partial charge in [0.1, 0.15) is 0 Å². The van der Waals surface area contributed by atoms with Gasteiger partial charge in [0.2, 0.25) is 0 Å². The van der Waals surface area contributed by atoms with Gasteiger partial charge in [-0.1, -0.05) is 83.6 Å². The lowest BCUT2D eigenvalue weighted by Gasteiger charge is -2.44. The van der Waals surface area contributed by atoms with E-state index in [-0.39, 0.29) is 18.9 Å². The van der Waals surface area contributed by atoms with Crippen molar-refractivity contribution in [3.8, 4) is 0 Å². The minimum atomic E-state index is -9.15. The molecule has 0 aliphatic heterocycles. The minimum absolute atomic E-state index is 0.0287. The molecule has 0 atom stereocenters. The normalized spacial score (nSPS) is 15.6. The first kappa shape index (κ1) is 45.3. The van der Waals surface area contributed by atoms with Crippen LogP contribution in [0.25, 0.3) is 0 Å². The molecule has 0 saturated heterocycles. The number of rotatable bonds is 22. The van der Waals surface area contributed by atoms with Gasteiger partial charge in [0.25, 0.3) is 0 Å². The number of hydrogen-bond acceptors (Lipinski definition) is 0. The summed E-state index contributed by atoms with van der Waals surface area (Å²) >= 11 is 0. The van der Waals surface area contributed by atoms with Crippen LogP contribution in [-0.2, 0) is 0 Å². The highest BCUT2D eigenvalue weighted by Gasteiger charge is 2.97. The maximum Gasteiger partial charge on any atom is 0.460 e. The Bertz CT molecular complexity index is 978. The van der Waals surface area contributed by atoms with Crippen molar-refractivity contribution in [2.24, 2.45) is 0 Å². The molecule has 0 heterocycles. The van der Waals surface area contributed by atoms with E-state index in [4.69, 9.17) is 0 Å². The fraction of sp³-hybridized carbons (Fsp3) is 0.923. The molecule has 21 heteroatoms. The summed E-state index contributed by atoms with van der Waals surface area (Å²) in [6, 6.07) is 0. The van der Waals surface area contributed by atoms with E-state index >= 15 is 0 Å². The lowest BCUT2D eigenvalue weighted by molar-refractivity contribution is -0.473. The van der Waals surface area contributed by atoms with Crippen molar-refractivity contribution in [2.45, 2.75) is 150 Å². The van der Waals surface area contributed by atoms with Crippen LogP contribution in [0.1, 0.15) is 90.4 Å². The van der Waals surface area contributed by atoms with Gasteiger partial charge in [-0.15, -0.1) is 0 Å². The van der Waals surface area contributed by atoms with Gasteiger partial charge in [-0.3, -0.25) is 0 Å². The zero-order valence-electron chi connectivity index (χ0n) is 24.3. The summed E-state index contributed by atoms with van der Waals surface area (Å²) in [6.07, 6.45) is -0.707. The molecule has 0 aromatic heterocycles. The van der Waals surface area contributed by atoms with Gasteiger partial charge in [-0.25, -0.2) is 0 Å². The van der Waals surface area contributed by atoms with Crippen molar-refractivity contribution in [3.05, 3.63) is 12.2 Å². The van der Waals surface area contributed by atoms with Crippen LogP contribution in [0.2, 0.25) is 0 Å². The molecule has 0 fully saturated rings. The van der Waals surface area contributed by atoms with Gasteiger partial charge >= 0.3 is 59.5 Å². The zero-order chi connectivity index (χ0) is 37.6. The standard InChI is InChI=1S/C26H31F21/c1-2-3-4-5-6-7-8-9-10-11-12-13-14-15-16-17(27,28)18(29,30)19(31,32)20(33,34)21(35,36)22(37,38)23(39,40)24(41,42)25(43,44)26(45,46)47/h15-16H,2-14H2,1H3/b16-15+. The quantitative estimate of drug-likeness (QED) is 0.0589.